The molecule has 0 radical (unpaired) electrons. The monoisotopic (exact) mass is 248 g/mol. The molecule has 2 aromatic carbocycles. The molecule has 2 rings (SSSR count). The lowest BCUT2D eigenvalue weighted by Gasteiger charge is -2.19. The second-order valence-electron chi connectivity index (χ2n) is 3.94. The Kier molecular flexibility index (Phi) is 3.89. The predicted molar refractivity (Wildman–Crippen MR) is 68.2 cm³/mol. The summed E-state index contributed by atoms with van der Waals surface area (Å²) in [5, 5.41) is 3.08. The largest absolute Gasteiger partial charge is 0.377 e. The number of rotatable bonds is 4. The zero-order valence-corrected chi connectivity index (χ0v) is 9.74. The van der Waals surface area contributed by atoms with E-state index in [0.717, 1.165) is 11.8 Å². The molecule has 0 heterocycles. The topological polar surface area (TPSA) is 38.0 Å². The third-order valence-corrected chi connectivity index (χ3v) is 2.71. The van der Waals surface area contributed by atoms with E-state index in [-0.39, 0.29) is 12.1 Å². The first-order chi connectivity index (χ1) is 8.72. The van der Waals surface area contributed by atoms with E-state index in [1.807, 2.05) is 30.3 Å². The number of nitrogens with one attached hydrogen (secondary N) is 1. The first kappa shape index (κ1) is 12.5. The lowest BCUT2D eigenvalue weighted by atomic mass is 10.1. The number of hydrogen-bond donors (Lipinski definition) is 2. The normalized spacial score (nSPS) is 12.2. The highest BCUT2D eigenvalue weighted by molar-refractivity contribution is 5.45. The Labute approximate surface area is 104 Å². The first-order valence-electron chi connectivity index (χ1n) is 5.68. The van der Waals surface area contributed by atoms with Gasteiger partial charge < -0.3 is 11.1 Å². The van der Waals surface area contributed by atoms with E-state index in [9.17, 15) is 8.78 Å². The minimum Gasteiger partial charge on any atom is -0.377 e. The van der Waals surface area contributed by atoms with Gasteiger partial charge in [0.1, 0.15) is 0 Å². The molecule has 4 heteroatoms. The maximum absolute atomic E-state index is 13.7. The number of benzene rings is 2. The molecule has 0 aliphatic heterocycles. The van der Waals surface area contributed by atoms with Crippen LogP contribution in [0.1, 0.15) is 11.6 Å². The molecule has 1 unspecified atom stereocenters. The zero-order chi connectivity index (χ0) is 13.0. The number of para-hydroxylation sites is 1. The molecule has 0 saturated carbocycles. The van der Waals surface area contributed by atoms with E-state index in [0.29, 0.717) is 0 Å². The van der Waals surface area contributed by atoms with Crippen molar-refractivity contribution in [1.29, 1.82) is 0 Å². The Hall–Kier alpha value is -1.94. The summed E-state index contributed by atoms with van der Waals surface area (Å²) in [6.45, 7) is 0.176. The quantitative estimate of drug-likeness (QED) is 0.872. The SMILES string of the molecule is NCC(Nc1ccccc1)c1cccc(F)c1F. The standard InChI is InChI=1S/C14H14F2N2/c15-12-8-4-7-11(14(12)16)13(9-17)18-10-5-2-1-3-6-10/h1-8,13,18H,9,17H2. The maximum atomic E-state index is 13.7. The Balaban J connectivity index is 2.26. The fraction of sp³-hybridized carbons (Fsp3) is 0.143. The van der Waals surface area contributed by atoms with E-state index >= 15 is 0 Å². The van der Waals surface area contributed by atoms with Crippen molar-refractivity contribution in [2.75, 3.05) is 11.9 Å². The van der Waals surface area contributed by atoms with Crippen molar-refractivity contribution < 1.29 is 8.78 Å². The molecule has 0 spiro atoms. The van der Waals surface area contributed by atoms with E-state index in [4.69, 9.17) is 5.73 Å². The summed E-state index contributed by atoms with van der Waals surface area (Å²) in [7, 11) is 0. The highest BCUT2D eigenvalue weighted by Gasteiger charge is 2.16. The van der Waals surface area contributed by atoms with Gasteiger partial charge in [0.05, 0.1) is 6.04 Å². The van der Waals surface area contributed by atoms with Gasteiger partial charge >= 0.3 is 0 Å². The van der Waals surface area contributed by atoms with Crippen LogP contribution in [0.5, 0.6) is 0 Å². The summed E-state index contributed by atoms with van der Waals surface area (Å²) in [5.41, 5.74) is 6.67. The summed E-state index contributed by atoms with van der Waals surface area (Å²) in [6, 6.07) is 12.9. The van der Waals surface area contributed by atoms with Crippen LogP contribution in [0, 0.1) is 11.6 Å². The average Bonchev–Trinajstić information content (AvgIpc) is 2.41. The molecule has 94 valence electrons. The van der Waals surface area contributed by atoms with E-state index < -0.39 is 17.7 Å². The molecule has 0 amide bonds. The Morgan fingerprint density at radius 2 is 1.72 bits per heavy atom. The van der Waals surface area contributed by atoms with E-state index in [1.54, 1.807) is 0 Å². The molecule has 2 nitrogen and oxygen atoms in total. The third kappa shape index (κ3) is 2.65. The second-order valence-corrected chi connectivity index (χ2v) is 3.94. The van der Waals surface area contributed by atoms with Crippen LogP contribution < -0.4 is 11.1 Å². The van der Waals surface area contributed by atoms with Crippen LogP contribution >= 0.6 is 0 Å². The average molecular weight is 248 g/mol. The Morgan fingerprint density at radius 3 is 2.39 bits per heavy atom. The second kappa shape index (κ2) is 5.60. The van der Waals surface area contributed by atoms with E-state index in [1.165, 1.54) is 12.1 Å². The minimum absolute atomic E-state index is 0.176. The Morgan fingerprint density at radius 1 is 1.00 bits per heavy atom. The number of nitrogens with two attached hydrogens (primary N) is 1. The van der Waals surface area contributed by atoms with Crippen molar-refractivity contribution in [2.45, 2.75) is 6.04 Å². The van der Waals surface area contributed by atoms with Gasteiger partial charge in [0.2, 0.25) is 0 Å². The zero-order valence-electron chi connectivity index (χ0n) is 9.74. The van der Waals surface area contributed by atoms with Gasteiger partial charge in [0, 0.05) is 17.8 Å². The van der Waals surface area contributed by atoms with Crippen molar-refractivity contribution in [3.05, 3.63) is 65.7 Å². The number of anilines is 1. The number of halogens is 2. The smallest absolute Gasteiger partial charge is 0.164 e. The minimum atomic E-state index is -0.860. The molecule has 0 aromatic heterocycles. The van der Waals surface area contributed by atoms with Gasteiger partial charge in [-0.1, -0.05) is 30.3 Å². The first-order valence-corrected chi connectivity index (χ1v) is 5.68. The highest BCUT2D eigenvalue weighted by atomic mass is 19.2. The van der Waals surface area contributed by atoms with Crippen molar-refractivity contribution >= 4 is 5.69 Å². The fourth-order valence-corrected chi connectivity index (χ4v) is 1.79. The lowest BCUT2D eigenvalue weighted by Crippen LogP contribution is -2.22. The fourth-order valence-electron chi connectivity index (χ4n) is 1.79. The molecule has 0 fully saturated rings. The van der Waals surface area contributed by atoms with Gasteiger partial charge in [-0.3, -0.25) is 0 Å². The summed E-state index contributed by atoms with van der Waals surface area (Å²) >= 11 is 0. The van der Waals surface area contributed by atoms with Crippen LogP contribution in [0.15, 0.2) is 48.5 Å². The molecule has 0 bridgehead atoms. The Bertz CT molecular complexity index is 514. The molecule has 1 atom stereocenters. The maximum Gasteiger partial charge on any atom is 0.164 e. The van der Waals surface area contributed by atoms with Gasteiger partial charge in [0.25, 0.3) is 0 Å². The predicted octanol–water partition coefficient (Wildman–Crippen LogP) is 3.08. The van der Waals surface area contributed by atoms with Gasteiger partial charge in [0.15, 0.2) is 11.6 Å². The van der Waals surface area contributed by atoms with Crippen LogP contribution in [0.25, 0.3) is 0 Å². The molecule has 18 heavy (non-hydrogen) atoms. The summed E-state index contributed by atoms with van der Waals surface area (Å²) in [4.78, 5) is 0. The van der Waals surface area contributed by atoms with Crippen LogP contribution in [0.4, 0.5) is 14.5 Å². The van der Waals surface area contributed by atoms with Crippen molar-refractivity contribution in [1.82, 2.24) is 0 Å². The van der Waals surface area contributed by atoms with Crippen LogP contribution in [-0.2, 0) is 0 Å². The van der Waals surface area contributed by atoms with Crippen molar-refractivity contribution in [3.8, 4) is 0 Å². The molecule has 3 N–H and O–H groups in total. The summed E-state index contributed by atoms with van der Waals surface area (Å²) in [6.07, 6.45) is 0. The highest BCUT2D eigenvalue weighted by Crippen LogP contribution is 2.22. The van der Waals surface area contributed by atoms with Crippen LogP contribution in [0.2, 0.25) is 0 Å². The molecule has 0 saturated heterocycles. The van der Waals surface area contributed by atoms with Crippen molar-refractivity contribution in [2.24, 2.45) is 5.73 Å². The van der Waals surface area contributed by atoms with Gasteiger partial charge in [-0.2, -0.15) is 0 Å². The molecule has 2 aromatic rings. The molecular weight excluding hydrogens is 234 g/mol. The van der Waals surface area contributed by atoms with Gasteiger partial charge in [-0.25, -0.2) is 8.78 Å². The van der Waals surface area contributed by atoms with Gasteiger partial charge in [-0.05, 0) is 18.2 Å². The summed E-state index contributed by atoms with van der Waals surface area (Å²) < 4.78 is 26.8. The van der Waals surface area contributed by atoms with E-state index in [2.05, 4.69) is 5.32 Å². The molecular formula is C14H14F2N2. The van der Waals surface area contributed by atoms with Crippen LogP contribution in [0.3, 0.4) is 0 Å². The molecule has 0 aliphatic carbocycles. The number of hydrogen-bond acceptors (Lipinski definition) is 2. The van der Waals surface area contributed by atoms with Crippen LogP contribution in [-0.4, -0.2) is 6.54 Å². The third-order valence-electron chi connectivity index (χ3n) is 2.71. The van der Waals surface area contributed by atoms with Crippen molar-refractivity contribution in [3.63, 3.8) is 0 Å². The van der Waals surface area contributed by atoms with Gasteiger partial charge in [-0.15, -0.1) is 0 Å². The molecule has 0 aliphatic rings. The summed E-state index contributed by atoms with van der Waals surface area (Å²) in [5.74, 6) is -1.71. The lowest BCUT2D eigenvalue weighted by molar-refractivity contribution is 0.492.